The van der Waals surface area contributed by atoms with Crippen LogP contribution in [0.3, 0.4) is 0 Å². The Hall–Kier alpha value is -0.120. The van der Waals surface area contributed by atoms with Gasteiger partial charge >= 0.3 is 0 Å². The average Bonchev–Trinajstić information content (AvgIpc) is 2.73. The summed E-state index contributed by atoms with van der Waals surface area (Å²) >= 11 is 0. The van der Waals surface area contributed by atoms with E-state index >= 15 is 0 Å². The molecule has 0 spiro atoms. The molecule has 2 rings (SSSR count). The van der Waals surface area contributed by atoms with E-state index in [4.69, 9.17) is 0 Å². The van der Waals surface area contributed by atoms with Crippen LogP contribution in [0, 0.1) is 5.92 Å². The molecular weight excluding hydrogens is 212 g/mol. The molecule has 3 unspecified atom stereocenters. The summed E-state index contributed by atoms with van der Waals surface area (Å²) in [6, 6.07) is 1.35. The van der Waals surface area contributed by atoms with Crippen molar-refractivity contribution in [2.45, 2.75) is 64.1 Å². The zero-order valence-corrected chi connectivity index (χ0v) is 11.6. The van der Waals surface area contributed by atoms with Gasteiger partial charge in [-0.25, -0.2) is 0 Å². The largest absolute Gasteiger partial charge is 0.389 e. The molecule has 2 aliphatic heterocycles. The zero-order valence-electron chi connectivity index (χ0n) is 11.6. The number of aliphatic hydroxyl groups is 1. The van der Waals surface area contributed by atoms with E-state index in [2.05, 4.69) is 24.1 Å². The van der Waals surface area contributed by atoms with Gasteiger partial charge < -0.3 is 10.4 Å². The quantitative estimate of drug-likeness (QED) is 0.766. The molecule has 3 heteroatoms. The molecule has 2 fully saturated rings. The second-order valence-corrected chi connectivity index (χ2v) is 6.62. The SMILES string of the molecule is CC(C)CC(C)(O)CNC1CCN2CCCC12. The summed E-state index contributed by atoms with van der Waals surface area (Å²) in [7, 11) is 0. The van der Waals surface area contributed by atoms with Gasteiger partial charge in [-0.3, -0.25) is 4.90 Å². The van der Waals surface area contributed by atoms with Gasteiger partial charge in [-0.15, -0.1) is 0 Å². The van der Waals surface area contributed by atoms with Gasteiger partial charge in [0.05, 0.1) is 5.60 Å². The van der Waals surface area contributed by atoms with Crippen molar-refractivity contribution in [1.29, 1.82) is 0 Å². The number of hydrogen-bond acceptors (Lipinski definition) is 3. The van der Waals surface area contributed by atoms with Gasteiger partial charge in [0, 0.05) is 25.2 Å². The maximum Gasteiger partial charge on any atom is 0.0746 e. The predicted molar refractivity (Wildman–Crippen MR) is 71.1 cm³/mol. The molecule has 0 saturated carbocycles. The van der Waals surface area contributed by atoms with Crippen molar-refractivity contribution < 1.29 is 5.11 Å². The first-order valence-corrected chi connectivity index (χ1v) is 7.18. The van der Waals surface area contributed by atoms with Crippen LogP contribution in [0.15, 0.2) is 0 Å². The Morgan fingerprint density at radius 1 is 1.35 bits per heavy atom. The molecule has 3 atom stereocenters. The highest BCUT2D eigenvalue weighted by atomic mass is 16.3. The first kappa shape index (κ1) is 13.3. The molecule has 2 aliphatic rings. The fraction of sp³-hybridized carbons (Fsp3) is 1.00. The highest BCUT2D eigenvalue weighted by Crippen LogP contribution is 2.28. The van der Waals surface area contributed by atoms with Crippen molar-refractivity contribution in [3.05, 3.63) is 0 Å². The molecule has 3 nitrogen and oxygen atoms in total. The van der Waals surface area contributed by atoms with E-state index in [-0.39, 0.29) is 0 Å². The van der Waals surface area contributed by atoms with Crippen LogP contribution in [0.4, 0.5) is 0 Å². The van der Waals surface area contributed by atoms with Crippen LogP contribution in [0.1, 0.15) is 46.5 Å². The Morgan fingerprint density at radius 3 is 2.82 bits per heavy atom. The minimum Gasteiger partial charge on any atom is -0.389 e. The van der Waals surface area contributed by atoms with Gasteiger partial charge in [-0.1, -0.05) is 13.8 Å². The maximum absolute atomic E-state index is 10.3. The van der Waals surface area contributed by atoms with E-state index in [9.17, 15) is 5.11 Å². The Morgan fingerprint density at radius 2 is 2.12 bits per heavy atom. The second kappa shape index (κ2) is 5.25. The summed E-state index contributed by atoms with van der Waals surface area (Å²) in [5, 5.41) is 13.9. The maximum atomic E-state index is 10.3. The van der Waals surface area contributed by atoms with Crippen molar-refractivity contribution in [2.75, 3.05) is 19.6 Å². The molecule has 0 aromatic rings. The van der Waals surface area contributed by atoms with Gasteiger partial charge in [0.1, 0.15) is 0 Å². The van der Waals surface area contributed by atoms with E-state index in [1.165, 1.54) is 32.4 Å². The third-order valence-corrected chi connectivity index (χ3v) is 4.20. The molecule has 2 heterocycles. The van der Waals surface area contributed by atoms with Gasteiger partial charge in [0.25, 0.3) is 0 Å². The Bertz CT molecular complexity index is 253. The first-order chi connectivity index (χ1) is 7.98. The molecule has 0 radical (unpaired) electrons. The average molecular weight is 240 g/mol. The third-order valence-electron chi connectivity index (χ3n) is 4.20. The molecular formula is C14H28N2O. The van der Waals surface area contributed by atoms with Crippen molar-refractivity contribution in [1.82, 2.24) is 10.2 Å². The van der Waals surface area contributed by atoms with Crippen molar-refractivity contribution >= 4 is 0 Å². The van der Waals surface area contributed by atoms with Crippen molar-refractivity contribution in [3.8, 4) is 0 Å². The minimum absolute atomic E-state index is 0.554. The molecule has 0 aromatic carbocycles. The van der Waals surface area contributed by atoms with Crippen LogP contribution in [-0.4, -0.2) is 47.3 Å². The summed E-state index contributed by atoms with van der Waals surface area (Å²) in [6.07, 6.45) is 4.82. The highest BCUT2D eigenvalue weighted by molar-refractivity contribution is 4.96. The van der Waals surface area contributed by atoms with Crippen LogP contribution >= 0.6 is 0 Å². The van der Waals surface area contributed by atoms with Gasteiger partial charge in [0.15, 0.2) is 0 Å². The molecule has 0 aliphatic carbocycles. The summed E-state index contributed by atoms with van der Waals surface area (Å²) in [6.45, 7) is 9.56. The Balaban J connectivity index is 1.78. The van der Waals surface area contributed by atoms with Gasteiger partial charge in [-0.2, -0.15) is 0 Å². The normalized spacial score (nSPS) is 33.0. The van der Waals surface area contributed by atoms with Crippen LogP contribution < -0.4 is 5.32 Å². The number of rotatable bonds is 5. The lowest BCUT2D eigenvalue weighted by atomic mass is 9.93. The lowest BCUT2D eigenvalue weighted by Crippen LogP contribution is -2.47. The smallest absolute Gasteiger partial charge is 0.0746 e. The second-order valence-electron chi connectivity index (χ2n) is 6.62. The lowest BCUT2D eigenvalue weighted by Gasteiger charge is -2.29. The monoisotopic (exact) mass is 240 g/mol. The molecule has 0 aromatic heterocycles. The predicted octanol–water partition coefficient (Wildman–Crippen LogP) is 1.61. The zero-order chi connectivity index (χ0) is 12.5. The number of hydrogen-bond donors (Lipinski definition) is 2. The molecule has 2 saturated heterocycles. The number of fused-ring (bicyclic) bond motifs is 1. The molecule has 0 bridgehead atoms. The van der Waals surface area contributed by atoms with E-state index in [0.29, 0.717) is 12.0 Å². The summed E-state index contributed by atoms with van der Waals surface area (Å²) in [4.78, 5) is 2.61. The fourth-order valence-corrected chi connectivity index (χ4v) is 3.62. The topological polar surface area (TPSA) is 35.5 Å². The van der Waals surface area contributed by atoms with Crippen LogP contribution in [0.5, 0.6) is 0 Å². The van der Waals surface area contributed by atoms with Crippen LogP contribution in [-0.2, 0) is 0 Å². The van der Waals surface area contributed by atoms with E-state index < -0.39 is 5.60 Å². The van der Waals surface area contributed by atoms with E-state index in [1.807, 2.05) is 6.92 Å². The summed E-state index contributed by atoms with van der Waals surface area (Å²) in [5.41, 5.74) is -0.555. The molecule has 0 amide bonds. The van der Waals surface area contributed by atoms with Gasteiger partial charge in [-0.05, 0) is 45.1 Å². The van der Waals surface area contributed by atoms with Gasteiger partial charge in [0.2, 0.25) is 0 Å². The summed E-state index contributed by atoms with van der Waals surface area (Å²) < 4.78 is 0. The first-order valence-electron chi connectivity index (χ1n) is 7.18. The van der Waals surface area contributed by atoms with Crippen LogP contribution in [0.2, 0.25) is 0 Å². The molecule has 100 valence electrons. The lowest BCUT2D eigenvalue weighted by molar-refractivity contribution is 0.0350. The van der Waals surface area contributed by atoms with Crippen LogP contribution in [0.25, 0.3) is 0 Å². The molecule has 2 N–H and O–H groups in total. The summed E-state index contributed by atoms with van der Waals surface area (Å²) in [5.74, 6) is 0.554. The van der Waals surface area contributed by atoms with E-state index in [0.717, 1.165) is 19.0 Å². The Kier molecular flexibility index (Phi) is 4.11. The van der Waals surface area contributed by atoms with Crippen molar-refractivity contribution in [2.24, 2.45) is 5.92 Å². The Labute approximate surface area is 106 Å². The van der Waals surface area contributed by atoms with E-state index in [1.54, 1.807) is 0 Å². The fourth-order valence-electron chi connectivity index (χ4n) is 3.62. The standard InChI is InChI=1S/C14H28N2O/c1-11(2)9-14(3,17)10-15-12-6-8-16-7-4-5-13(12)16/h11-13,15,17H,4-10H2,1-3H3. The minimum atomic E-state index is -0.555. The third kappa shape index (κ3) is 3.43. The van der Waals surface area contributed by atoms with Crippen molar-refractivity contribution in [3.63, 3.8) is 0 Å². The number of nitrogens with one attached hydrogen (secondary N) is 1. The highest BCUT2D eigenvalue weighted by Gasteiger charge is 2.37. The number of nitrogens with zero attached hydrogens (tertiary/aromatic N) is 1. The molecule has 17 heavy (non-hydrogen) atoms.